The number of nitrogens with zero attached hydrogens (tertiary/aromatic N) is 3. The number of urea groups is 1. The van der Waals surface area contributed by atoms with E-state index in [2.05, 4.69) is 25.9 Å². The first-order valence-corrected chi connectivity index (χ1v) is 11.4. The van der Waals surface area contributed by atoms with Crippen LogP contribution in [0.15, 0.2) is 52.1 Å². The molecule has 10 heteroatoms. The standard InChI is InChI=1S/C19H20BrN5O3S/c20-14-5-6-16-15(10-14)17(29(27,28)24-8-1-2-9-24)18(23-16)25(19(21)26)12-13-4-3-7-22-11-13/h3-7,10-11,23H,1-2,8-9,12H2,(H2,21,26). The Morgan fingerprint density at radius 2 is 2.03 bits per heavy atom. The van der Waals surface area contributed by atoms with Crippen LogP contribution in [0.4, 0.5) is 10.6 Å². The van der Waals surface area contributed by atoms with Gasteiger partial charge in [0.1, 0.15) is 10.7 Å². The molecule has 1 aliphatic rings. The zero-order chi connectivity index (χ0) is 20.6. The fourth-order valence-electron chi connectivity index (χ4n) is 3.58. The first-order valence-electron chi connectivity index (χ1n) is 9.15. The van der Waals surface area contributed by atoms with E-state index in [0.29, 0.717) is 24.0 Å². The van der Waals surface area contributed by atoms with Gasteiger partial charge in [0.25, 0.3) is 0 Å². The molecular weight excluding hydrogens is 458 g/mol. The molecule has 29 heavy (non-hydrogen) atoms. The zero-order valence-corrected chi connectivity index (χ0v) is 17.9. The van der Waals surface area contributed by atoms with Crippen LogP contribution in [0.5, 0.6) is 0 Å². The summed E-state index contributed by atoms with van der Waals surface area (Å²) in [7, 11) is -3.82. The van der Waals surface area contributed by atoms with E-state index >= 15 is 0 Å². The largest absolute Gasteiger partial charge is 0.351 e. The first-order chi connectivity index (χ1) is 13.9. The van der Waals surface area contributed by atoms with Gasteiger partial charge in [0, 0.05) is 40.9 Å². The van der Waals surface area contributed by atoms with Crippen LogP contribution in [-0.2, 0) is 16.6 Å². The van der Waals surface area contributed by atoms with Crippen molar-refractivity contribution in [3.63, 3.8) is 0 Å². The molecule has 4 rings (SSSR count). The summed E-state index contributed by atoms with van der Waals surface area (Å²) >= 11 is 3.41. The molecule has 8 nitrogen and oxygen atoms in total. The van der Waals surface area contributed by atoms with Crippen molar-refractivity contribution in [2.45, 2.75) is 24.3 Å². The first kappa shape index (κ1) is 19.9. The summed E-state index contributed by atoms with van der Waals surface area (Å²) in [5.74, 6) is 0.168. The Morgan fingerprint density at radius 3 is 2.69 bits per heavy atom. The van der Waals surface area contributed by atoms with E-state index in [1.165, 1.54) is 9.21 Å². The molecule has 3 aromatic rings. The predicted molar refractivity (Wildman–Crippen MR) is 114 cm³/mol. The van der Waals surface area contributed by atoms with Crippen molar-refractivity contribution < 1.29 is 13.2 Å². The third-order valence-electron chi connectivity index (χ3n) is 4.96. The van der Waals surface area contributed by atoms with Gasteiger partial charge in [-0.05, 0) is 42.7 Å². The smallest absolute Gasteiger partial charge is 0.320 e. The summed E-state index contributed by atoms with van der Waals surface area (Å²) in [6.45, 7) is 1.02. The molecule has 3 N–H and O–H groups in total. The molecule has 0 aliphatic carbocycles. The molecule has 152 valence electrons. The number of halogens is 1. The average Bonchev–Trinajstić information content (AvgIpc) is 3.35. The Morgan fingerprint density at radius 1 is 1.28 bits per heavy atom. The monoisotopic (exact) mass is 477 g/mol. The van der Waals surface area contributed by atoms with Crippen molar-refractivity contribution in [3.8, 4) is 0 Å². The summed E-state index contributed by atoms with van der Waals surface area (Å²) in [6, 6.07) is 8.12. The number of rotatable bonds is 5. The second-order valence-electron chi connectivity index (χ2n) is 6.89. The number of H-pyrrole nitrogens is 1. The molecule has 3 heterocycles. The molecule has 1 saturated heterocycles. The second-order valence-corrected chi connectivity index (χ2v) is 9.68. The lowest BCUT2D eigenvalue weighted by Gasteiger charge is -2.23. The van der Waals surface area contributed by atoms with Gasteiger partial charge >= 0.3 is 6.03 Å². The summed E-state index contributed by atoms with van der Waals surface area (Å²) in [5, 5.41) is 0.513. The summed E-state index contributed by atoms with van der Waals surface area (Å²) < 4.78 is 29.2. The number of carbonyl (C=O) groups is 1. The Kier molecular flexibility index (Phi) is 5.32. The van der Waals surface area contributed by atoms with Crippen LogP contribution in [0.3, 0.4) is 0 Å². The molecule has 1 fully saturated rings. The number of primary amides is 1. The predicted octanol–water partition coefficient (Wildman–Crippen LogP) is 3.20. The number of carbonyl (C=O) groups excluding carboxylic acids is 1. The number of hydrogen-bond donors (Lipinski definition) is 2. The second kappa shape index (κ2) is 7.77. The van der Waals surface area contributed by atoms with E-state index in [1.54, 1.807) is 36.7 Å². The summed E-state index contributed by atoms with van der Waals surface area (Å²) in [6.07, 6.45) is 4.87. The highest BCUT2D eigenvalue weighted by Crippen LogP contribution is 2.38. The highest BCUT2D eigenvalue weighted by Gasteiger charge is 2.35. The van der Waals surface area contributed by atoms with Crippen molar-refractivity contribution >= 4 is 48.7 Å². The maximum Gasteiger partial charge on any atom is 0.320 e. The van der Waals surface area contributed by atoms with Crippen LogP contribution in [0, 0.1) is 0 Å². The SMILES string of the molecule is NC(=O)N(Cc1cccnc1)c1[nH]c2ccc(Br)cc2c1S(=O)(=O)N1CCCC1. The van der Waals surface area contributed by atoms with Gasteiger partial charge in [0.2, 0.25) is 10.0 Å². The number of fused-ring (bicyclic) bond motifs is 1. The molecule has 0 unspecified atom stereocenters. The molecular formula is C19H20BrN5O3S. The number of pyridine rings is 1. The Hall–Kier alpha value is -2.43. The lowest BCUT2D eigenvalue weighted by molar-refractivity contribution is 0.253. The van der Waals surface area contributed by atoms with E-state index in [1.807, 2.05) is 6.07 Å². The van der Waals surface area contributed by atoms with Crippen LogP contribution in [-0.4, -0.2) is 41.8 Å². The van der Waals surface area contributed by atoms with E-state index in [0.717, 1.165) is 22.9 Å². The number of aromatic nitrogens is 2. The van der Waals surface area contributed by atoms with Gasteiger partial charge in [0.05, 0.1) is 6.54 Å². The van der Waals surface area contributed by atoms with E-state index < -0.39 is 16.1 Å². The van der Waals surface area contributed by atoms with Gasteiger partial charge in [-0.3, -0.25) is 9.88 Å². The molecule has 0 spiro atoms. The van der Waals surface area contributed by atoms with Gasteiger partial charge in [0.15, 0.2) is 0 Å². The molecule has 0 saturated carbocycles. The highest BCUT2D eigenvalue weighted by atomic mass is 79.9. The number of anilines is 1. The fourth-order valence-corrected chi connectivity index (χ4v) is 5.79. The van der Waals surface area contributed by atoms with Crippen molar-refractivity contribution in [3.05, 3.63) is 52.8 Å². The quantitative estimate of drug-likeness (QED) is 0.587. The number of sulfonamides is 1. The summed E-state index contributed by atoms with van der Waals surface area (Å²) in [5.41, 5.74) is 7.00. The third-order valence-corrected chi connectivity index (χ3v) is 7.42. The van der Waals surface area contributed by atoms with Crippen LogP contribution in [0.1, 0.15) is 18.4 Å². The number of benzene rings is 1. The molecule has 1 aromatic carbocycles. The Labute approximate surface area is 176 Å². The molecule has 0 radical (unpaired) electrons. The minimum Gasteiger partial charge on any atom is -0.351 e. The van der Waals surface area contributed by atoms with Gasteiger partial charge in [-0.2, -0.15) is 4.31 Å². The van der Waals surface area contributed by atoms with Crippen LogP contribution in [0.2, 0.25) is 0 Å². The lowest BCUT2D eigenvalue weighted by Crippen LogP contribution is -2.37. The minimum atomic E-state index is -3.82. The van der Waals surface area contributed by atoms with E-state index in [4.69, 9.17) is 5.73 Å². The van der Waals surface area contributed by atoms with E-state index in [-0.39, 0.29) is 17.3 Å². The van der Waals surface area contributed by atoms with Crippen LogP contribution < -0.4 is 10.6 Å². The minimum absolute atomic E-state index is 0.0680. The average molecular weight is 478 g/mol. The fraction of sp³-hybridized carbons (Fsp3) is 0.263. The normalized spacial score (nSPS) is 15.1. The summed E-state index contributed by atoms with van der Waals surface area (Å²) in [4.78, 5) is 20.8. The maximum absolute atomic E-state index is 13.5. The number of hydrogen-bond acceptors (Lipinski definition) is 4. The number of amides is 2. The van der Waals surface area contributed by atoms with Gasteiger partial charge in [-0.1, -0.05) is 22.0 Å². The Bertz CT molecular complexity index is 1160. The topological polar surface area (TPSA) is 112 Å². The van der Waals surface area contributed by atoms with Crippen molar-refractivity contribution in [2.75, 3.05) is 18.0 Å². The maximum atomic E-state index is 13.5. The van der Waals surface area contributed by atoms with Crippen molar-refractivity contribution in [1.82, 2.24) is 14.3 Å². The number of nitrogens with one attached hydrogen (secondary N) is 1. The van der Waals surface area contributed by atoms with Gasteiger partial charge in [-0.15, -0.1) is 0 Å². The molecule has 2 aromatic heterocycles. The van der Waals surface area contributed by atoms with Crippen LogP contribution >= 0.6 is 15.9 Å². The molecule has 0 atom stereocenters. The lowest BCUT2D eigenvalue weighted by atomic mass is 10.2. The van der Waals surface area contributed by atoms with Crippen LogP contribution in [0.25, 0.3) is 10.9 Å². The highest BCUT2D eigenvalue weighted by molar-refractivity contribution is 9.10. The van der Waals surface area contributed by atoms with E-state index in [9.17, 15) is 13.2 Å². The third kappa shape index (κ3) is 3.75. The Balaban J connectivity index is 1.92. The number of aromatic amines is 1. The molecule has 0 bridgehead atoms. The zero-order valence-electron chi connectivity index (χ0n) is 15.5. The van der Waals surface area contributed by atoms with Gasteiger partial charge < -0.3 is 10.7 Å². The van der Waals surface area contributed by atoms with Gasteiger partial charge in [-0.25, -0.2) is 13.2 Å². The molecule has 1 aliphatic heterocycles. The number of nitrogens with two attached hydrogens (primary N) is 1. The van der Waals surface area contributed by atoms with Crippen molar-refractivity contribution in [1.29, 1.82) is 0 Å². The molecule has 2 amide bonds. The van der Waals surface area contributed by atoms with Crippen molar-refractivity contribution in [2.24, 2.45) is 5.73 Å².